The van der Waals surface area contributed by atoms with Crippen molar-refractivity contribution in [2.24, 2.45) is 5.92 Å². The topological polar surface area (TPSA) is 58.6 Å². The number of hydrogen-bond acceptors (Lipinski definition) is 3. The van der Waals surface area contributed by atoms with Crippen LogP contribution in [0.1, 0.15) is 34.1 Å². The highest BCUT2D eigenvalue weighted by molar-refractivity contribution is 6.00. The van der Waals surface area contributed by atoms with Gasteiger partial charge in [0.1, 0.15) is 5.75 Å². The fraction of sp³-hybridized carbons (Fsp3) is 0.529. The molecule has 22 heavy (non-hydrogen) atoms. The summed E-state index contributed by atoms with van der Waals surface area (Å²) in [5.41, 5.74) is 0.520. The first-order valence-electron chi connectivity index (χ1n) is 7.65. The minimum atomic E-state index is -0.293. The zero-order chi connectivity index (χ0) is 16.3. The molecule has 1 fully saturated rings. The van der Waals surface area contributed by atoms with Crippen molar-refractivity contribution >= 4 is 17.5 Å². The molecule has 1 aromatic rings. The van der Waals surface area contributed by atoms with Crippen LogP contribution in [0.5, 0.6) is 5.75 Å². The van der Waals surface area contributed by atoms with E-state index in [2.05, 4.69) is 5.32 Å². The van der Waals surface area contributed by atoms with E-state index in [1.165, 1.54) is 0 Å². The second-order valence-corrected chi connectivity index (χ2v) is 6.57. The van der Waals surface area contributed by atoms with Gasteiger partial charge in [-0.25, -0.2) is 0 Å². The van der Waals surface area contributed by atoms with E-state index in [0.29, 0.717) is 13.2 Å². The third kappa shape index (κ3) is 4.00. The Bertz CT molecular complexity index is 546. The molecule has 2 rings (SSSR count). The zero-order valence-electron chi connectivity index (χ0n) is 13.7. The molecule has 5 heteroatoms. The summed E-state index contributed by atoms with van der Waals surface area (Å²) in [7, 11) is 0. The number of nitrogens with zero attached hydrogens (tertiary/aromatic N) is 1. The summed E-state index contributed by atoms with van der Waals surface area (Å²) in [6, 6.07) is 7.39. The molecule has 1 aliphatic heterocycles. The molecule has 1 N–H and O–H groups in total. The first kappa shape index (κ1) is 16.3. The van der Waals surface area contributed by atoms with Crippen molar-refractivity contribution in [3.05, 3.63) is 24.3 Å². The maximum atomic E-state index is 12.2. The molecule has 0 radical (unpaired) electrons. The summed E-state index contributed by atoms with van der Waals surface area (Å²) in [6.07, 6.45) is 0.259. The number of anilines is 1. The van der Waals surface area contributed by atoms with Gasteiger partial charge in [-0.05, 0) is 52.0 Å². The molecule has 0 aromatic heterocycles. The van der Waals surface area contributed by atoms with Crippen molar-refractivity contribution in [2.75, 3.05) is 18.1 Å². The maximum absolute atomic E-state index is 12.2. The van der Waals surface area contributed by atoms with Gasteiger partial charge in [0.2, 0.25) is 11.8 Å². The van der Waals surface area contributed by atoms with E-state index in [1.807, 2.05) is 52.0 Å². The van der Waals surface area contributed by atoms with Gasteiger partial charge in [0.15, 0.2) is 0 Å². The van der Waals surface area contributed by atoms with E-state index in [1.54, 1.807) is 4.90 Å². The molecule has 0 bridgehead atoms. The Morgan fingerprint density at radius 1 is 1.32 bits per heavy atom. The molecule has 1 aromatic carbocycles. The van der Waals surface area contributed by atoms with Crippen molar-refractivity contribution in [1.29, 1.82) is 0 Å². The average Bonchev–Trinajstić information content (AvgIpc) is 2.80. The van der Waals surface area contributed by atoms with Crippen LogP contribution in [0.3, 0.4) is 0 Å². The van der Waals surface area contributed by atoms with Gasteiger partial charge < -0.3 is 15.0 Å². The highest BCUT2D eigenvalue weighted by atomic mass is 16.5. The minimum Gasteiger partial charge on any atom is -0.494 e. The molecular weight excluding hydrogens is 280 g/mol. The third-order valence-corrected chi connectivity index (χ3v) is 3.45. The van der Waals surface area contributed by atoms with Gasteiger partial charge in [-0.3, -0.25) is 9.59 Å². The lowest BCUT2D eigenvalue weighted by Crippen LogP contribution is -2.44. The van der Waals surface area contributed by atoms with Crippen LogP contribution in [0.2, 0.25) is 0 Å². The van der Waals surface area contributed by atoms with Gasteiger partial charge in [-0.15, -0.1) is 0 Å². The fourth-order valence-corrected chi connectivity index (χ4v) is 2.49. The molecule has 2 amide bonds. The van der Waals surface area contributed by atoms with Crippen LogP contribution >= 0.6 is 0 Å². The number of nitrogens with one attached hydrogen (secondary N) is 1. The highest BCUT2D eigenvalue weighted by Gasteiger charge is 2.36. The van der Waals surface area contributed by atoms with Crippen LogP contribution < -0.4 is 15.0 Å². The van der Waals surface area contributed by atoms with Crippen molar-refractivity contribution in [2.45, 2.75) is 39.7 Å². The Morgan fingerprint density at radius 2 is 1.95 bits per heavy atom. The first-order valence-corrected chi connectivity index (χ1v) is 7.65. The summed E-state index contributed by atoms with van der Waals surface area (Å²) in [4.78, 5) is 26.1. The standard InChI is InChI=1S/C17H24N2O3/c1-5-22-14-8-6-13(7-9-14)19-11-12(10-15(19)20)16(21)18-17(2,3)4/h6-9,12H,5,10-11H2,1-4H3,(H,18,21). The number of amides is 2. The van der Waals surface area contributed by atoms with E-state index in [-0.39, 0.29) is 29.7 Å². The lowest BCUT2D eigenvalue weighted by Gasteiger charge is -2.23. The molecule has 1 saturated heterocycles. The van der Waals surface area contributed by atoms with Gasteiger partial charge >= 0.3 is 0 Å². The van der Waals surface area contributed by atoms with Crippen LogP contribution in [0.15, 0.2) is 24.3 Å². The second kappa shape index (κ2) is 6.38. The zero-order valence-corrected chi connectivity index (χ0v) is 13.7. The van der Waals surface area contributed by atoms with Crippen LogP contribution in [0.4, 0.5) is 5.69 Å². The molecule has 5 nitrogen and oxygen atoms in total. The Labute approximate surface area is 131 Å². The van der Waals surface area contributed by atoms with E-state index in [0.717, 1.165) is 11.4 Å². The molecule has 1 atom stereocenters. The molecule has 0 saturated carbocycles. The Hall–Kier alpha value is -2.04. The van der Waals surface area contributed by atoms with Crippen LogP contribution in [-0.2, 0) is 9.59 Å². The van der Waals surface area contributed by atoms with Crippen molar-refractivity contribution in [3.8, 4) is 5.75 Å². The van der Waals surface area contributed by atoms with Gasteiger partial charge in [-0.1, -0.05) is 0 Å². The number of benzene rings is 1. The number of rotatable bonds is 4. The van der Waals surface area contributed by atoms with Gasteiger partial charge in [0.05, 0.1) is 12.5 Å². The summed E-state index contributed by atoms with van der Waals surface area (Å²) >= 11 is 0. The molecule has 0 aliphatic carbocycles. The minimum absolute atomic E-state index is 0.0155. The monoisotopic (exact) mass is 304 g/mol. The predicted molar refractivity (Wildman–Crippen MR) is 86.0 cm³/mol. The molecule has 120 valence electrons. The Balaban J connectivity index is 2.04. The Kier molecular flexibility index (Phi) is 4.74. The van der Waals surface area contributed by atoms with E-state index in [4.69, 9.17) is 4.74 Å². The molecule has 0 spiro atoms. The maximum Gasteiger partial charge on any atom is 0.227 e. The summed E-state index contributed by atoms with van der Waals surface area (Å²) in [6.45, 7) is 8.77. The number of carbonyl (C=O) groups is 2. The van der Waals surface area contributed by atoms with Crippen molar-refractivity contribution in [3.63, 3.8) is 0 Å². The average molecular weight is 304 g/mol. The second-order valence-electron chi connectivity index (χ2n) is 6.57. The molecule has 1 unspecified atom stereocenters. The number of hydrogen-bond donors (Lipinski definition) is 1. The molecular formula is C17H24N2O3. The van der Waals surface area contributed by atoms with Crippen LogP contribution in [-0.4, -0.2) is 30.5 Å². The Morgan fingerprint density at radius 3 is 2.50 bits per heavy atom. The smallest absolute Gasteiger partial charge is 0.227 e. The normalized spacial score (nSPS) is 18.5. The number of ether oxygens (including phenoxy) is 1. The lowest BCUT2D eigenvalue weighted by molar-refractivity contribution is -0.127. The van der Waals surface area contributed by atoms with Crippen molar-refractivity contribution in [1.82, 2.24) is 5.32 Å². The van der Waals surface area contributed by atoms with E-state index >= 15 is 0 Å². The van der Waals surface area contributed by atoms with Crippen LogP contribution in [0, 0.1) is 5.92 Å². The lowest BCUT2D eigenvalue weighted by atomic mass is 10.0. The van der Waals surface area contributed by atoms with Gasteiger partial charge in [0.25, 0.3) is 0 Å². The summed E-state index contributed by atoms with van der Waals surface area (Å²) < 4.78 is 5.40. The van der Waals surface area contributed by atoms with E-state index in [9.17, 15) is 9.59 Å². The predicted octanol–water partition coefficient (Wildman–Crippen LogP) is 2.35. The van der Waals surface area contributed by atoms with Gasteiger partial charge in [0, 0.05) is 24.2 Å². The fourth-order valence-electron chi connectivity index (χ4n) is 2.49. The highest BCUT2D eigenvalue weighted by Crippen LogP contribution is 2.27. The van der Waals surface area contributed by atoms with Crippen LogP contribution in [0.25, 0.3) is 0 Å². The molecule has 1 aliphatic rings. The van der Waals surface area contributed by atoms with Crippen molar-refractivity contribution < 1.29 is 14.3 Å². The van der Waals surface area contributed by atoms with Gasteiger partial charge in [-0.2, -0.15) is 0 Å². The SMILES string of the molecule is CCOc1ccc(N2CC(C(=O)NC(C)(C)C)CC2=O)cc1. The van der Waals surface area contributed by atoms with E-state index < -0.39 is 0 Å². The molecule has 1 heterocycles. The quantitative estimate of drug-likeness (QED) is 0.929. The number of carbonyl (C=O) groups excluding carboxylic acids is 2. The largest absolute Gasteiger partial charge is 0.494 e. The third-order valence-electron chi connectivity index (χ3n) is 3.45. The summed E-state index contributed by atoms with van der Waals surface area (Å²) in [5, 5.41) is 2.94. The summed E-state index contributed by atoms with van der Waals surface area (Å²) in [5.74, 6) is 0.408. The first-order chi connectivity index (χ1) is 10.3.